The highest BCUT2D eigenvalue weighted by Crippen LogP contribution is 2.29. The van der Waals surface area contributed by atoms with Gasteiger partial charge < -0.3 is 0 Å². The van der Waals surface area contributed by atoms with Crippen molar-refractivity contribution in [1.29, 1.82) is 0 Å². The Morgan fingerprint density at radius 2 is 1.84 bits per heavy atom. The van der Waals surface area contributed by atoms with Gasteiger partial charge in [-0.05, 0) is 47.5 Å². The number of hydrogen-bond acceptors (Lipinski definition) is 3. The highest BCUT2D eigenvalue weighted by atomic mass is 79.9. The Hall–Kier alpha value is -0.860. The van der Waals surface area contributed by atoms with Gasteiger partial charge in [0.05, 0.1) is 0 Å². The van der Waals surface area contributed by atoms with Crippen LogP contribution in [0.1, 0.15) is 11.3 Å². The lowest BCUT2D eigenvalue weighted by Gasteiger charge is -2.09. The quantitative estimate of drug-likeness (QED) is 0.817. The average molecular weight is 409 g/mol. The summed E-state index contributed by atoms with van der Waals surface area (Å²) >= 11 is 6.59. The molecular weight excluding hydrogens is 398 g/mol. The SMILES string of the molecule is Cc1cc(NS(=O)(=O)c2cc(Br)c(C)cc2Br)n[nH]1. The Kier molecular flexibility index (Phi) is 4.03. The number of H-pyrrole nitrogens is 1. The first-order chi connectivity index (χ1) is 8.79. The molecule has 5 nitrogen and oxygen atoms in total. The van der Waals surface area contributed by atoms with Crippen LogP contribution in [0, 0.1) is 13.8 Å². The number of rotatable bonds is 3. The molecule has 0 fully saturated rings. The van der Waals surface area contributed by atoms with Crippen molar-refractivity contribution < 1.29 is 8.42 Å². The predicted molar refractivity (Wildman–Crippen MR) is 80.7 cm³/mol. The lowest BCUT2D eigenvalue weighted by Crippen LogP contribution is -2.14. The van der Waals surface area contributed by atoms with Gasteiger partial charge in [-0.2, -0.15) is 5.10 Å². The van der Waals surface area contributed by atoms with Crippen molar-refractivity contribution in [1.82, 2.24) is 10.2 Å². The van der Waals surface area contributed by atoms with Crippen LogP contribution >= 0.6 is 31.9 Å². The van der Waals surface area contributed by atoms with E-state index in [1.807, 2.05) is 6.92 Å². The minimum Gasteiger partial charge on any atom is -0.281 e. The van der Waals surface area contributed by atoms with Crippen LogP contribution in [0.25, 0.3) is 0 Å². The van der Waals surface area contributed by atoms with Crippen molar-refractivity contribution in [2.45, 2.75) is 18.7 Å². The van der Waals surface area contributed by atoms with Crippen LogP contribution in [0.4, 0.5) is 5.82 Å². The molecule has 8 heteroatoms. The Labute approximate surface area is 128 Å². The fraction of sp³-hybridized carbons (Fsp3) is 0.182. The van der Waals surface area contributed by atoms with Gasteiger partial charge in [-0.3, -0.25) is 9.82 Å². The molecule has 2 rings (SSSR count). The second-order valence-electron chi connectivity index (χ2n) is 4.07. The van der Waals surface area contributed by atoms with Crippen LogP contribution in [-0.2, 0) is 10.0 Å². The number of nitrogens with one attached hydrogen (secondary N) is 2. The Morgan fingerprint density at radius 3 is 2.42 bits per heavy atom. The van der Waals surface area contributed by atoms with Gasteiger partial charge in [-0.25, -0.2) is 8.42 Å². The molecule has 0 unspecified atom stereocenters. The number of aromatic amines is 1. The molecule has 0 spiro atoms. The van der Waals surface area contributed by atoms with E-state index in [2.05, 4.69) is 46.8 Å². The van der Waals surface area contributed by atoms with E-state index < -0.39 is 10.0 Å². The third-order valence-corrected chi connectivity index (χ3v) is 5.62. The molecule has 0 aliphatic rings. The van der Waals surface area contributed by atoms with Crippen molar-refractivity contribution in [3.63, 3.8) is 0 Å². The summed E-state index contributed by atoms with van der Waals surface area (Å²) in [5, 5.41) is 6.53. The maximum atomic E-state index is 12.3. The van der Waals surface area contributed by atoms with E-state index >= 15 is 0 Å². The monoisotopic (exact) mass is 407 g/mol. The van der Waals surface area contributed by atoms with Gasteiger partial charge in [0.1, 0.15) is 4.90 Å². The van der Waals surface area contributed by atoms with E-state index in [4.69, 9.17) is 0 Å². The number of nitrogens with zero attached hydrogens (tertiary/aromatic N) is 1. The third-order valence-electron chi connectivity index (χ3n) is 2.45. The van der Waals surface area contributed by atoms with Crippen LogP contribution in [-0.4, -0.2) is 18.6 Å². The average Bonchev–Trinajstić information content (AvgIpc) is 2.68. The van der Waals surface area contributed by atoms with Crippen LogP contribution < -0.4 is 4.72 Å². The summed E-state index contributed by atoms with van der Waals surface area (Å²) in [6.45, 7) is 3.68. The largest absolute Gasteiger partial charge is 0.281 e. The summed E-state index contributed by atoms with van der Waals surface area (Å²) in [4.78, 5) is 0.158. The van der Waals surface area contributed by atoms with Gasteiger partial charge in [-0.1, -0.05) is 15.9 Å². The van der Waals surface area contributed by atoms with Gasteiger partial charge >= 0.3 is 0 Å². The summed E-state index contributed by atoms with van der Waals surface area (Å²) in [5.41, 5.74) is 1.73. The van der Waals surface area contributed by atoms with E-state index in [-0.39, 0.29) is 10.7 Å². The van der Waals surface area contributed by atoms with Gasteiger partial charge in [0, 0.05) is 20.7 Å². The minimum absolute atomic E-state index is 0.158. The summed E-state index contributed by atoms with van der Waals surface area (Å²) in [6.07, 6.45) is 0. The highest BCUT2D eigenvalue weighted by molar-refractivity contribution is 9.11. The number of sulfonamides is 1. The maximum absolute atomic E-state index is 12.3. The van der Waals surface area contributed by atoms with Crippen LogP contribution in [0.2, 0.25) is 0 Å². The van der Waals surface area contributed by atoms with Crippen molar-refractivity contribution in [2.75, 3.05) is 4.72 Å². The number of aromatic nitrogens is 2. The van der Waals surface area contributed by atoms with Crippen molar-refractivity contribution in [2.24, 2.45) is 0 Å². The molecule has 0 saturated heterocycles. The molecule has 0 saturated carbocycles. The summed E-state index contributed by atoms with van der Waals surface area (Å²) in [6, 6.07) is 4.92. The minimum atomic E-state index is -3.68. The third kappa shape index (κ3) is 3.18. The lowest BCUT2D eigenvalue weighted by atomic mass is 10.2. The predicted octanol–water partition coefficient (Wildman–Crippen LogP) is 3.35. The zero-order valence-electron chi connectivity index (χ0n) is 10.2. The smallest absolute Gasteiger partial charge is 0.264 e. The molecule has 0 radical (unpaired) electrons. The molecule has 0 aliphatic heterocycles. The van der Waals surface area contributed by atoms with Gasteiger partial charge in [-0.15, -0.1) is 0 Å². The molecular formula is C11H11Br2N3O2S. The van der Waals surface area contributed by atoms with Crippen LogP contribution in [0.5, 0.6) is 0 Å². The van der Waals surface area contributed by atoms with Crippen LogP contribution in [0.3, 0.4) is 0 Å². The van der Waals surface area contributed by atoms with Crippen LogP contribution in [0.15, 0.2) is 32.0 Å². The Morgan fingerprint density at radius 1 is 1.16 bits per heavy atom. The van der Waals surface area contributed by atoms with Gasteiger partial charge in [0.15, 0.2) is 5.82 Å². The summed E-state index contributed by atoms with van der Waals surface area (Å²) in [7, 11) is -3.68. The summed E-state index contributed by atoms with van der Waals surface area (Å²) < 4.78 is 28.2. The van der Waals surface area contributed by atoms with E-state index in [9.17, 15) is 8.42 Å². The van der Waals surface area contributed by atoms with Crippen molar-refractivity contribution in [3.8, 4) is 0 Å². The Balaban J connectivity index is 2.42. The molecule has 102 valence electrons. The first-order valence-electron chi connectivity index (χ1n) is 5.30. The molecule has 1 aromatic heterocycles. The lowest BCUT2D eigenvalue weighted by molar-refractivity contribution is 0.600. The van der Waals surface area contributed by atoms with Gasteiger partial charge in [0.2, 0.25) is 0 Å². The molecule has 2 aromatic rings. The second-order valence-corrected chi connectivity index (χ2v) is 7.43. The van der Waals surface area contributed by atoms with E-state index in [1.54, 1.807) is 25.1 Å². The van der Waals surface area contributed by atoms with Crippen molar-refractivity contribution in [3.05, 3.63) is 38.4 Å². The second kappa shape index (κ2) is 5.26. The molecule has 19 heavy (non-hydrogen) atoms. The topological polar surface area (TPSA) is 74.8 Å². The summed E-state index contributed by atoms with van der Waals surface area (Å²) in [5.74, 6) is 0.265. The molecule has 0 aliphatic carbocycles. The zero-order valence-corrected chi connectivity index (χ0v) is 14.1. The fourth-order valence-corrected chi connectivity index (χ4v) is 4.17. The molecule has 0 bridgehead atoms. The zero-order chi connectivity index (χ0) is 14.2. The molecule has 0 amide bonds. The van der Waals surface area contributed by atoms with Crippen molar-refractivity contribution >= 4 is 47.7 Å². The van der Waals surface area contributed by atoms with E-state index in [1.165, 1.54) is 0 Å². The maximum Gasteiger partial charge on any atom is 0.264 e. The Bertz CT molecular complexity index is 726. The molecule has 2 N–H and O–H groups in total. The normalized spacial score (nSPS) is 11.6. The first-order valence-corrected chi connectivity index (χ1v) is 8.37. The number of benzene rings is 1. The number of halogens is 2. The van der Waals surface area contributed by atoms with E-state index in [0.717, 1.165) is 15.7 Å². The number of hydrogen-bond donors (Lipinski definition) is 2. The first kappa shape index (κ1) is 14.5. The fourth-order valence-electron chi connectivity index (χ4n) is 1.50. The number of aryl methyl sites for hydroxylation is 2. The highest BCUT2D eigenvalue weighted by Gasteiger charge is 2.20. The molecule has 1 heterocycles. The number of anilines is 1. The van der Waals surface area contributed by atoms with Gasteiger partial charge in [0.25, 0.3) is 10.0 Å². The standard InChI is InChI=1S/C11H11Br2N3O2S/c1-6-3-9(13)10(5-8(6)12)19(17,18)16-11-4-7(2)14-15-11/h3-5H,1-2H3,(H2,14,15,16). The molecule has 1 aromatic carbocycles. The van der Waals surface area contributed by atoms with E-state index in [0.29, 0.717) is 4.47 Å². The molecule has 0 atom stereocenters.